The number of hydrogen-bond donors (Lipinski definition) is 0. The number of aromatic nitrogens is 1. The van der Waals surface area contributed by atoms with Crippen LogP contribution in [0.25, 0.3) is 0 Å². The predicted molar refractivity (Wildman–Crippen MR) is 52.8 cm³/mol. The fraction of sp³-hybridized carbons (Fsp3) is 0.400. The quantitative estimate of drug-likeness (QED) is 0.748. The molecule has 1 rings (SSSR count). The molecule has 0 amide bonds. The topological polar surface area (TPSA) is 36.7 Å². The maximum atomic E-state index is 12.7. The summed E-state index contributed by atoms with van der Waals surface area (Å²) in [7, 11) is 0. The van der Waals surface area contributed by atoms with Gasteiger partial charge in [0.25, 0.3) is 6.43 Å². The van der Waals surface area contributed by atoms with Crippen molar-refractivity contribution in [3.05, 3.63) is 28.6 Å². The lowest BCUT2D eigenvalue weighted by molar-refractivity contribution is 0.149. The Balaban J connectivity index is 3.34. The number of rotatable bonds is 3. The minimum absolute atomic E-state index is 0.0277. The van der Waals surface area contributed by atoms with Crippen molar-refractivity contribution in [1.82, 2.24) is 4.98 Å². The van der Waals surface area contributed by atoms with Crippen LogP contribution in [0.3, 0.4) is 0 Å². The molecule has 0 aliphatic carbocycles. The van der Waals surface area contributed by atoms with Crippen LogP contribution in [-0.2, 0) is 12.3 Å². The zero-order valence-corrected chi connectivity index (χ0v) is 8.85. The number of nitrogens with zero attached hydrogens (tertiary/aromatic N) is 2. The highest BCUT2D eigenvalue weighted by Crippen LogP contribution is 2.28. The van der Waals surface area contributed by atoms with Crippen LogP contribution in [0.15, 0.2) is 6.20 Å². The molecule has 5 heteroatoms. The van der Waals surface area contributed by atoms with Crippen molar-refractivity contribution in [2.75, 3.05) is 0 Å². The minimum atomic E-state index is -2.61. The highest BCUT2D eigenvalue weighted by molar-refractivity contribution is 6.17. The number of alkyl halides is 3. The molecule has 0 atom stereocenters. The molecule has 0 saturated carbocycles. The number of pyridine rings is 1. The smallest absolute Gasteiger partial charge is 0.261 e. The summed E-state index contributed by atoms with van der Waals surface area (Å²) in [5.74, 6) is -0.0277. The number of nitriles is 1. The van der Waals surface area contributed by atoms with E-state index in [0.717, 1.165) is 0 Å². The molecule has 0 fully saturated rings. The Hall–Kier alpha value is -1.21. The van der Waals surface area contributed by atoms with Gasteiger partial charge in [0.2, 0.25) is 0 Å². The number of hydrogen-bond acceptors (Lipinski definition) is 2. The van der Waals surface area contributed by atoms with Gasteiger partial charge in [-0.2, -0.15) is 5.26 Å². The van der Waals surface area contributed by atoms with Gasteiger partial charge in [-0.15, -0.1) is 11.6 Å². The Morgan fingerprint density at radius 2 is 2.27 bits per heavy atom. The van der Waals surface area contributed by atoms with E-state index in [0.29, 0.717) is 11.1 Å². The molecule has 0 N–H and O–H groups in total. The van der Waals surface area contributed by atoms with E-state index in [-0.39, 0.29) is 23.6 Å². The van der Waals surface area contributed by atoms with Crippen LogP contribution >= 0.6 is 11.6 Å². The Labute approximate surface area is 91.5 Å². The maximum absolute atomic E-state index is 12.7. The molecule has 0 aliphatic rings. The fourth-order valence-electron chi connectivity index (χ4n) is 1.40. The zero-order chi connectivity index (χ0) is 11.4. The molecule has 1 heterocycles. The highest BCUT2D eigenvalue weighted by Gasteiger charge is 2.19. The van der Waals surface area contributed by atoms with Gasteiger partial charge >= 0.3 is 0 Å². The summed E-state index contributed by atoms with van der Waals surface area (Å²) in [6, 6.07) is 1.90. The first-order valence-corrected chi connectivity index (χ1v) is 4.83. The van der Waals surface area contributed by atoms with Gasteiger partial charge in [-0.05, 0) is 18.1 Å². The minimum Gasteiger partial charge on any atom is -0.261 e. The summed E-state index contributed by atoms with van der Waals surface area (Å²) in [6.07, 6.45) is -1.12. The van der Waals surface area contributed by atoms with Crippen LogP contribution in [0.5, 0.6) is 0 Å². The first kappa shape index (κ1) is 11.9. The van der Waals surface area contributed by atoms with E-state index in [2.05, 4.69) is 4.98 Å². The van der Waals surface area contributed by atoms with Crippen molar-refractivity contribution in [2.45, 2.75) is 25.7 Å². The van der Waals surface area contributed by atoms with Gasteiger partial charge < -0.3 is 0 Å². The van der Waals surface area contributed by atoms with E-state index in [1.54, 1.807) is 0 Å². The molecule has 0 bridgehead atoms. The van der Waals surface area contributed by atoms with Crippen molar-refractivity contribution < 1.29 is 8.78 Å². The molecule has 0 unspecified atom stereocenters. The molecule has 0 spiro atoms. The summed E-state index contributed by atoms with van der Waals surface area (Å²) in [5.41, 5.74) is 0.939. The SMILES string of the molecule is Cc1ncc(CC#N)c(CCl)c1C(F)F. The molecule has 0 saturated heterocycles. The first-order chi connectivity index (χ1) is 7.11. The predicted octanol–water partition coefficient (Wildman–Crippen LogP) is 3.13. The lowest BCUT2D eigenvalue weighted by Gasteiger charge is -2.12. The van der Waals surface area contributed by atoms with E-state index >= 15 is 0 Å². The van der Waals surface area contributed by atoms with Gasteiger partial charge in [0.15, 0.2) is 0 Å². The second-order valence-electron chi connectivity index (χ2n) is 3.03. The van der Waals surface area contributed by atoms with Crippen molar-refractivity contribution in [3.63, 3.8) is 0 Å². The van der Waals surface area contributed by atoms with Crippen LogP contribution in [-0.4, -0.2) is 4.98 Å². The first-order valence-electron chi connectivity index (χ1n) is 4.30. The van der Waals surface area contributed by atoms with Gasteiger partial charge in [0.05, 0.1) is 12.5 Å². The van der Waals surface area contributed by atoms with Crippen molar-refractivity contribution in [2.24, 2.45) is 0 Å². The molecular weight excluding hydrogens is 222 g/mol. The summed E-state index contributed by atoms with van der Waals surface area (Å²) >= 11 is 5.62. The molecule has 1 aromatic rings. The van der Waals surface area contributed by atoms with Gasteiger partial charge in [0, 0.05) is 23.3 Å². The molecule has 0 aromatic carbocycles. The summed E-state index contributed by atoms with van der Waals surface area (Å²) in [6.45, 7) is 1.51. The van der Waals surface area contributed by atoms with E-state index in [1.165, 1.54) is 13.1 Å². The molecule has 0 aliphatic heterocycles. The van der Waals surface area contributed by atoms with Gasteiger partial charge in [-0.3, -0.25) is 4.98 Å². The normalized spacial score (nSPS) is 10.4. The molecule has 2 nitrogen and oxygen atoms in total. The van der Waals surface area contributed by atoms with Crippen LogP contribution in [0.2, 0.25) is 0 Å². The van der Waals surface area contributed by atoms with Gasteiger partial charge in [-0.25, -0.2) is 8.78 Å². The highest BCUT2D eigenvalue weighted by atomic mass is 35.5. The molecule has 15 heavy (non-hydrogen) atoms. The second kappa shape index (κ2) is 5.04. The van der Waals surface area contributed by atoms with E-state index in [4.69, 9.17) is 16.9 Å². The standard InChI is InChI=1S/C10H9ClF2N2/c1-6-9(10(12)13)8(4-11)7(2-3-14)5-15-6/h5,10H,2,4H2,1H3. The van der Waals surface area contributed by atoms with Gasteiger partial charge in [0.1, 0.15) is 0 Å². The lowest BCUT2D eigenvalue weighted by atomic mass is 10.0. The number of aryl methyl sites for hydroxylation is 1. The molecular formula is C10H9ClF2N2. The lowest BCUT2D eigenvalue weighted by Crippen LogP contribution is -2.03. The van der Waals surface area contributed by atoms with Crippen LogP contribution in [0.4, 0.5) is 8.78 Å². The average molecular weight is 231 g/mol. The van der Waals surface area contributed by atoms with Crippen molar-refractivity contribution in [3.8, 4) is 6.07 Å². The van der Waals surface area contributed by atoms with Crippen LogP contribution < -0.4 is 0 Å². The van der Waals surface area contributed by atoms with E-state index in [1.807, 2.05) is 6.07 Å². The third-order valence-electron chi connectivity index (χ3n) is 2.14. The Morgan fingerprint density at radius 3 is 2.73 bits per heavy atom. The summed E-state index contributed by atoms with van der Waals surface area (Å²) < 4.78 is 25.4. The molecule has 80 valence electrons. The van der Waals surface area contributed by atoms with Crippen LogP contribution in [0, 0.1) is 18.3 Å². The Kier molecular flexibility index (Phi) is 3.98. The number of halogens is 3. The third-order valence-corrected chi connectivity index (χ3v) is 2.41. The largest absolute Gasteiger partial charge is 0.265 e. The van der Waals surface area contributed by atoms with Crippen LogP contribution in [0.1, 0.15) is 28.8 Å². The Morgan fingerprint density at radius 1 is 1.60 bits per heavy atom. The summed E-state index contributed by atoms with van der Waals surface area (Å²) in [4.78, 5) is 3.84. The average Bonchev–Trinajstić information content (AvgIpc) is 2.19. The third kappa shape index (κ3) is 2.42. The second-order valence-corrected chi connectivity index (χ2v) is 3.30. The Bertz CT molecular complexity index is 399. The van der Waals surface area contributed by atoms with Gasteiger partial charge in [-0.1, -0.05) is 0 Å². The fourth-order valence-corrected chi connectivity index (χ4v) is 1.71. The summed E-state index contributed by atoms with van der Waals surface area (Å²) in [5, 5.41) is 8.53. The van der Waals surface area contributed by atoms with E-state index < -0.39 is 6.43 Å². The zero-order valence-electron chi connectivity index (χ0n) is 8.10. The van der Waals surface area contributed by atoms with Crippen molar-refractivity contribution >= 4 is 11.6 Å². The van der Waals surface area contributed by atoms with E-state index in [9.17, 15) is 8.78 Å². The maximum Gasteiger partial charge on any atom is 0.265 e. The molecule has 1 aromatic heterocycles. The monoisotopic (exact) mass is 230 g/mol. The molecule has 0 radical (unpaired) electrons. The van der Waals surface area contributed by atoms with Crippen molar-refractivity contribution in [1.29, 1.82) is 5.26 Å².